The van der Waals surface area contributed by atoms with Gasteiger partial charge in [0.15, 0.2) is 0 Å². The van der Waals surface area contributed by atoms with Crippen LogP contribution in [-0.2, 0) is 0 Å². The van der Waals surface area contributed by atoms with E-state index in [4.69, 9.17) is 0 Å². The summed E-state index contributed by atoms with van der Waals surface area (Å²) >= 11 is 0. The van der Waals surface area contributed by atoms with Crippen molar-refractivity contribution in [3.05, 3.63) is 29.8 Å². The van der Waals surface area contributed by atoms with Crippen molar-refractivity contribution in [1.29, 1.82) is 0 Å². The molecule has 1 aromatic carbocycles. The van der Waals surface area contributed by atoms with Gasteiger partial charge in [-0.2, -0.15) is 13.9 Å². The molecule has 0 spiro atoms. The van der Waals surface area contributed by atoms with Crippen LogP contribution in [0.25, 0.3) is 0 Å². The maximum absolute atomic E-state index is 12.3. The predicted octanol–water partition coefficient (Wildman–Crippen LogP) is 3.18. The van der Waals surface area contributed by atoms with Gasteiger partial charge in [0.25, 0.3) is 0 Å². The summed E-state index contributed by atoms with van der Waals surface area (Å²) in [6.45, 7) is -2.04. The quantitative estimate of drug-likeness (QED) is 0.680. The second kappa shape index (κ2) is 7.57. The lowest BCUT2D eigenvalue weighted by atomic mass is 10.2. The molecular weight excluding hydrogens is 264 g/mol. The highest BCUT2D eigenvalue weighted by Gasteiger charge is 2.07. The zero-order valence-electron chi connectivity index (χ0n) is 11.1. The summed E-state index contributed by atoms with van der Waals surface area (Å²) < 4.78 is 28.9. The molecule has 108 valence electrons. The highest BCUT2D eigenvalue weighted by molar-refractivity contribution is 5.86. The molecule has 0 saturated heterocycles. The fourth-order valence-electron chi connectivity index (χ4n) is 1.93. The van der Waals surface area contributed by atoms with E-state index in [1.165, 1.54) is 18.7 Å². The Morgan fingerprint density at radius 3 is 2.95 bits per heavy atom. The number of benzene rings is 1. The third-order valence-corrected chi connectivity index (χ3v) is 2.91. The summed E-state index contributed by atoms with van der Waals surface area (Å²) in [6.07, 6.45) is 5.69. The first kappa shape index (κ1) is 14.4. The lowest BCUT2D eigenvalue weighted by Crippen LogP contribution is -2.17. The molecule has 1 aliphatic heterocycles. The van der Waals surface area contributed by atoms with Crippen LogP contribution >= 0.6 is 0 Å². The van der Waals surface area contributed by atoms with Gasteiger partial charge in [0, 0.05) is 18.5 Å². The van der Waals surface area contributed by atoms with Crippen molar-refractivity contribution < 1.29 is 13.5 Å². The molecule has 1 heterocycles. The molecule has 20 heavy (non-hydrogen) atoms. The first-order valence-corrected chi connectivity index (χ1v) is 6.62. The van der Waals surface area contributed by atoms with E-state index >= 15 is 0 Å². The molecule has 0 saturated carbocycles. The number of ether oxygens (including phenoxy) is 1. The van der Waals surface area contributed by atoms with E-state index in [9.17, 15) is 8.78 Å². The Hall–Kier alpha value is -1.98. The Labute approximate surface area is 116 Å². The van der Waals surface area contributed by atoms with Gasteiger partial charge < -0.3 is 4.74 Å². The molecule has 1 aromatic rings. The molecule has 1 N–H and O–H groups in total. The number of hydrazone groups is 1. The van der Waals surface area contributed by atoms with Gasteiger partial charge in [0.1, 0.15) is 11.6 Å². The van der Waals surface area contributed by atoms with Gasteiger partial charge in [-0.1, -0.05) is 18.6 Å². The third kappa shape index (κ3) is 4.60. The van der Waals surface area contributed by atoms with E-state index in [-0.39, 0.29) is 5.75 Å². The number of nitrogens with one attached hydrogen (secondary N) is 1. The molecule has 2 rings (SSSR count). The molecule has 0 unspecified atom stereocenters. The summed E-state index contributed by atoms with van der Waals surface area (Å²) in [7, 11) is 0. The minimum Gasteiger partial charge on any atom is -0.434 e. The van der Waals surface area contributed by atoms with Gasteiger partial charge in [0.2, 0.25) is 0 Å². The highest BCUT2D eigenvalue weighted by atomic mass is 19.3. The summed E-state index contributed by atoms with van der Waals surface area (Å²) in [5, 5.41) is 4.04. The molecule has 1 aliphatic rings. The van der Waals surface area contributed by atoms with Crippen molar-refractivity contribution in [2.24, 2.45) is 10.1 Å². The van der Waals surface area contributed by atoms with Gasteiger partial charge in [-0.05, 0) is 25.0 Å². The Kier molecular flexibility index (Phi) is 5.46. The summed E-state index contributed by atoms with van der Waals surface area (Å²) in [4.78, 5) is 4.37. The van der Waals surface area contributed by atoms with Crippen molar-refractivity contribution in [1.82, 2.24) is 5.43 Å². The lowest BCUT2D eigenvalue weighted by molar-refractivity contribution is -0.0499. The molecule has 0 aromatic heterocycles. The molecule has 0 amide bonds. The van der Waals surface area contributed by atoms with Crippen LogP contribution < -0.4 is 10.2 Å². The predicted molar refractivity (Wildman–Crippen MR) is 74.6 cm³/mol. The zero-order valence-corrected chi connectivity index (χ0v) is 11.1. The molecule has 0 aliphatic carbocycles. The number of halogens is 2. The number of hydrogen-bond donors (Lipinski definition) is 1. The van der Waals surface area contributed by atoms with Crippen LogP contribution in [0.2, 0.25) is 0 Å². The molecule has 0 fully saturated rings. The zero-order chi connectivity index (χ0) is 14.2. The van der Waals surface area contributed by atoms with Crippen molar-refractivity contribution >= 4 is 12.1 Å². The Bertz CT molecular complexity index is 489. The van der Waals surface area contributed by atoms with Gasteiger partial charge in [0.05, 0.1) is 6.21 Å². The smallest absolute Gasteiger partial charge is 0.387 e. The van der Waals surface area contributed by atoms with Crippen molar-refractivity contribution in [2.45, 2.75) is 32.3 Å². The standard InChI is InChI=1S/C14H17F2N3O/c15-14(16)20-12-7-4-3-6-11(12)10-18-19-13-8-2-1-5-9-17-13/h3-4,6-7,10,14H,1-2,5,8-9H2,(H,17,19)/b18-10+. The van der Waals surface area contributed by atoms with Crippen molar-refractivity contribution in [3.63, 3.8) is 0 Å². The van der Waals surface area contributed by atoms with E-state index in [2.05, 4.69) is 20.3 Å². The Balaban J connectivity index is 1.98. The average Bonchev–Trinajstić information content (AvgIpc) is 2.69. The maximum atomic E-state index is 12.3. The van der Waals surface area contributed by atoms with Crippen LogP contribution in [0.15, 0.2) is 34.4 Å². The van der Waals surface area contributed by atoms with Crippen LogP contribution in [-0.4, -0.2) is 25.2 Å². The molecule has 0 radical (unpaired) electrons. The Morgan fingerprint density at radius 2 is 2.10 bits per heavy atom. The SMILES string of the molecule is FC(F)Oc1ccccc1/C=N/NC1=NCCCCC1. The number of rotatable bonds is 4. The lowest BCUT2D eigenvalue weighted by Gasteiger charge is -2.07. The Morgan fingerprint density at radius 1 is 1.25 bits per heavy atom. The van der Waals surface area contributed by atoms with E-state index in [1.807, 2.05) is 0 Å². The maximum Gasteiger partial charge on any atom is 0.387 e. The summed E-state index contributed by atoms with van der Waals surface area (Å²) in [6, 6.07) is 6.52. The van der Waals surface area contributed by atoms with E-state index in [0.717, 1.165) is 31.6 Å². The van der Waals surface area contributed by atoms with Gasteiger partial charge >= 0.3 is 6.61 Å². The second-order valence-electron chi connectivity index (χ2n) is 4.43. The van der Waals surface area contributed by atoms with Crippen LogP contribution in [0, 0.1) is 0 Å². The molecule has 0 atom stereocenters. The molecule has 0 bridgehead atoms. The van der Waals surface area contributed by atoms with Crippen LogP contribution in [0.4, 0.5) is 8.78 Å². The molecule has 6 heteroatoms. The molecule has 4 nitrogen and oxygen atoms in total. The van der Waals surface area contributed by atoms with Crippen molar-refractivity contribution in [3.8, 4) is 5.75 Å². The van der Waals surface area contributed by atoms with Gasteiger partial charge in [-0.25, -0.2) is 0 Å². The van der Waals surface area contributed by atoms with Gasteiger partial charge in [-0.15, -0.1) is 0 Å². The number of amidine groups is 1. The van der Waals surface area contributed by atoms with E-state index < -0.39 is 6.61 Å². The number of aliphatic imine (C=N–C) groups is 1. The minimum atomic E-state index is -2.84. The summed E-state index contributed by atoms with van der Waals surface area (Å²) in [5.41, 5.74) is 3.36. The first-order chi connectivity index (χ1) is 9.75. The average molecular weight is 281 g/mol. The minimum absolute atomic E-state index is 0.107. The van der Waals surface area contributed by atoms with E-state index in [0.29, 0.717) is 5.56 Å². The third-order valence-electron chi connectivity index (χ3n) is 2.91. The second-order valence-corrected chi connectivity index (χ2v) is 4.43. The highest BCUT2D eigenvalue weighted by Crippen LogP contribution is 2.18. The van der Waals surface area contributed by atoms with Gasteiger partial charge in [-0.3, -0.25) is 10.4 Å². The van der Waals surface area contributed by atoms with Crippen molar-refractivity contribution in [2.75, 3.05) is 6.54 Å². The largest absolute Gasteiger partial charge is 0.434 e. The fourth-order valence-corrected chi connectivity index (χ4v) is 1.93. The number of para-hydroxylation sites is 1. The normalized spacial score (nSPS) is 16.1. The molecular formula is C14H17F2N3O. The number of nitrogens with zero attached hydrogens (tertiary/aromatic N) is 2. The number of alkyl halides is 2. The fraction of sp³-hybridized carbons (Fsp3) is 0.429. The number of hydrogen-bond acceptors (Lipinski definition) is 4. The first-order valence-electron chi connectivity index (χ1n) is 6.62. The topological polar surface area (TPSA) is 46.0 Å². The monoisotopic (exact) mass is 281 g/mol. The van der Waals surface area contributed by atoms with Crippen LogP contribution in [0.5, 0.6) is 5.75 Å². The van der Waals surface area contributed by atoms with Crippen LogP contribution in [0.3, 0.4) is 0 Å². The van der Waals surface area contributed by atoms with E-state index in [1.54, 1.807) is 18.2 Å². The summed E-state index contributed by atoms with van der Waals surface area (Å²) in [5.74, 6) is 0.946. The van der Waals surface area contributed by atoms with Crippen LogP contribution in [0.1, 0.15) is 31.2 Å².